The Hall–Kier alpha value is -1.81. The number of rotatable bonds is 3. The molecule has 2 amide bonds. The molecule has 1 saturated heterocycles. The second-order valence-electron chi connectivity index (χ2n) is 4.39. The van der Waals surface area contributed by atoms with E-state index < -0.39 is 0 Å². The Morgan fingerprint density at radius 3 is 2.63 bits per heavy atom. The zero-order valence-electron chi connectivity index (χ0n) is 10.5. The van der Waals surface area contributed by atoms with Crippen molar-refractivity contribution in [3.63, 3.8) is 0 Å². The molecule has 100 valence electrons. The fourth-order valence-corrected chi connectivity index (χ4v) is 2.21. The van der Waals surface area contributed by atoms with E-state index in [4.69, 9.17) is 11.6 Å². The number of likely N-dealkylation sites (tertiary alicyclic amines) is 1. The molecule has 1 aromatic carbocycles. The number of anilines is 1. The lowest BCUT2D eigenvalue weighted by atomic mass is 10.1. The SMILES string of the molecule is C=CC(=O)Nc1cc(C(=O)N2CCCC2)ccc1Cl. The van der Waals surface area contributed by atoms with Crippen LogP contribution in [-0.4, -0.2) is 29.8 Å². The summed E-state index contributed by atoms with van der Waals surface area (Å²) >= 11 is 5.99. The van der Waals surface area contributed by atoms with E-state index in [0.29, 0.717) is 16.3 Å². The first-order valence-electron chi connectivity index (χ1n) is 6.14. The third kappa shape index (κ3) is 3.15. The van der Waals surface area contributed by atoms with Gasteiger partial charge in [0.2, 0.25) is 5.91 Å². The number of hydrogen-bond donors (Lipinski definition) is 1. The molecule has 0 aromatic heterocycles. The Bertz CT molecular complexity index is 522. The quantitative estimate of drug-likeness (QED) is 0.864. The first-order valence-corrected chi connectivity index (χ1v) is 6.52. The third-order valence-electron chi connectivity index (χ3n) is 3.05. The molecule has 4 nitrogen and oxygen atoms in total. The van der Waals surface area contributed by atoms with E-state index in [2.05, 4.69) is 11.9 Å². The summed E-state index contributed by atoms with van der Waals surface area (Å²) in [6, 6.07) is 4.89. The number of carbonyl (C=O) groups is 2. The van der Waals surface area contributed by atoms with Crippen LogP contribution in [0.5, 0.6) is 0 Å². The number of carbonyl (C=O) groups excluding carboxylic acids is 2. The first-order chi connectivity index (χ1) is 9.11. The van der Waals surface area contributed by atoms with E-state index in [9.17, 15) is 9.59 Å². The number of benzene rings is 1. The zero-order valence-corrected chi connectivity index (χ0v) is 11.2. The number of nitrogens with zero attached hydrogens (tertiary/aromatic N) is 1. The molecule has 1 aliphatic heterocycles. The van der Waals surface area contributed by atoms with Gasteiger partial charge < -0.3 is 10.2 Å². The standard InChI is InChI=1S/C14H15ClN2O2/c1-2-13(18)16-12-9-10(5-6-11(12)15)14(19)17-7-3-4-8-17/h2,5-6,9H,1,3-4,7-8H2,(H,16,18). The summed E-state index contributed by atoms with van der Waals surface area (Å²) < 4.78 is 0. The summed E-state index contributed by atoms with van der Waals surface area (Å²) in [6.07, 6.45) is 3.24. The molecule has 1 N–H and O–H groups in total. The second kappa shape index (κ2) is 5.89. The summed E-state index contributed by atoms with van der Waals surface area (Å²) in [7, 11) is 0. The van der Waals surface area contributed by atoms with Gasteiger partial charge in [-0.05, 0) is 37.1 Å². The predicted octanol–water partition coefficient (Wildman–Crippen LogP) is 2.70. The van der Waals surface area contributed by atoms with Crippen LogP contribution in [0.3, 0.4) is 0 Å². The highest BCUT2D eigenvalue weighted by molar-refractivity contribution is 6.34. The molecule has 19 heavy (non-hydrogen) atoms. The number of hydrogen-bond acceptors (Lipinski definition) is 2. The molecule has 2 rings (SSSR count). The van der Waals surface area contributed by atoms with Crippen molar-refractivity contribution in [3.05, 3.63) is 41.4 Å². The van der Waals surface area contributed by atoms with Crippen LogP contribution in [0.25, 0.3) is 0 Å². The van der Waals surface area contributed by atoms with Crippen LogP contribution in [0.4, 0.5) is 5.69 Å². The zero-order chi connectivity index (χ0) is 13.8. The van der Waals surface area contributed by atoms with Crippen molar-refractivity contribution in [1.29, 1.82) is 0 Å². The van der Waals surface area contributed by atoms with E-state index in [1.54, 1.807) is 18.2 Å². The van der Waals surface area contributed by atoms with Gasteiger partial charge in [-0.25, -0.2) is 0 Å². The van der Waals surface area contributed by atoms with E-state index in [-0.39, 0.29) is 11.8 Å². The lowest BCUT2D eigenvalue weighted by Gasteiger charge is -2.16. The van der Waals surface area contributed by atoms with Crippen molar-refractivity contribution >= 4 is 29.1 Å². The van der Waals surface area contributed by atoms with Gasteiger partial charge >= 0.3 is 0 Å². The van der Waals surface area contributed by atoms with Gasteiger partial charge in [0, 0.05) is 18.7 Å². The minimum absolute atomic E-state index is 0.0248. The molecule has 0 bridgehead atoms. The number of nitrogens with one attached hydrogen (secondary N) is 1. The molecule has 0 saturated carbocycles. The van der Waals surface area contributed by atoms with Crippen LogP contribution >= 0.6 is 11.6 Å². The Labute approximate surface area is 117 Å². The summed E-state index contributed by atoms with van der Waals surface area (Å²) in [4.78, 5) is 25.3. The van der Waals surface area contributed by atoms with Gasteiger partial charge in [-0.2, -0.15) is 0 Å². The van der Waals surface area contributed by atoms with Gasteiger partial charge in [-0.3, -0.25) is 9.59 Å². The normalized spacial score (nSPS) is 14.3. The molecule has 0 unspecified atom stereocenters. The fraction of sp³-hybridized carbons (Fsp3) is 0.286. The largest absolute Gasteiger partial charge is 0.339 e. The molecule has 1 aliphatic rings. The van der Waals surface area contributed by atoms with Crippen molar-refractivity contribution in [1.82, 2.24) is 4.90 Å². The lowest BCUT2D eigenvalue weighted by Crippen LogP contribution is -2.27. The summed E-state index contributed by atoms with van der Waals surface area (Å²) in [5, 5.41) is 2.98. The average Bonchev–Trinajstić information content (AvgIpc) is 2.94. The maximum Gasteiger partial charge on any atom is 0.253 e. The Kier molecular flexibility index (Phi) is 4.22. The maximum atomic E-state index is 12.2. The molecule has 0 atom stereocenters. The molecule has 1 aromatic rings. The van der Waals surface area contributed by atoms with Gasteiger partial charge in [0.05, 0.1) is 10.7 Å². The Balaban J connectivity index is 2.22. The number of halogens is 1. The van der Waals surface area contributed by atoms with Gasteiger partial charge in [-0.15, -0.1) is 0 Å². The predicted molar refractivity (Wildman–Crippen MR) is 75.4 cm³/mol. The Morgan fingerprint density at radius 2 is 2.00 bits per heavy atom. The van der Waals surface area contributed by atoms with E-state index in [1.807, 2.05) is 4.90 Å². The van der Waals surface area contributed by atoms with Crippen LogP contribution < -0.4 is 5.32 Å². The van der Waals surface area contributed by atoms with Gasteiger partial charge in [0.1, 0.15) is 0 Å². The van der Waals surface area contributed by atoms with Gasteiger partial charge in [0.25, 0.3) is 5.91 Å². The summed E-state index contributed by atoms with van der Waals surface area (Å²) in [5.41, 5.74) is 0.960. The average molecular weight is 279 g/mol. The summed E-state index contributed by atoms with van der Waals surface area (Å²) in [6.45, 7) is 4.95. The smallest absolute Gasteiger partial charge is 0.253 e. The minimum Gasteiger partial charge on any atom is -0.339 e. The highest BCUT2D eigenvalue weighted by Gasteiger charge is 2.20. The number of amides is 2. The van der Waals surface area contributed by atoms with Crippen LogP contribution in [0.2, 0.25) is 5.02 Å². The molecule has 1 heterocycles. The summed E-state index contributed by atoms with van der Waals surface area (Å²) in [5.74, 6) is -0.379. The van der Waals surface area contributed by atoms with E-state index in [1.165, 1.54) is 0 Å². The monoisotopic (exact) mass is 278 g/mol. The van der Waals surface area contributed by atoms with Crippen molar-refractivity contribution in [2.24, 2.45) is 0 Å². The lowest BCUT2D eigenvalue weighted by molar-refractivity contribution is -0.111. The van der Waals surface area contributed by atoms with Gasteiger partial charge in [-0.1, -0.05) is 18.2 Å². The molecule has 0 radical (unpaired) electrons. The molecule has 5 heteroatoms. The molecular weight excluding hydrogens is 264 g/mol. The fourth-order valence-electron chi connectivity index (χ4n) is 2.04. The highest BCUT2D eigenvalue weighted by atomic mass is 35.5. The molecular formula is C14H15ClN2O2. The van der Waals surface area contributed by atoms with Crippen LogP contribution in [0.1, 0.15) is 23.2 Å². The molecule has 0 spiro atoms. The van der Waals surface area contributed by atoms with Crippen molar-refractivity contribution in [2.45, 2.75) is 12.8 Å². The van der Waals surface area contributed by atoms with Gasteiger partial charge in [0.15, 0.2) is 0 Å². The van der Waals surface area contributed by atoms with Crippen LogP contribution in [-0.2, 0) is 4.79 Å². The highest BCUT2D eigenvalue weighted by Crippen LogP contribution is 2.24. The van der Waals surface area contributed by atoms with E-state index in [0.717, 1.165) is 32.0 Å². The van der Waals surface area contributed by atoms with Crippen molar-refractivity contribution < 1.29 is 9.59 Å². The van der Waals surface area contributed by atoms with Crippen molar-refractivity contribution in [3.8, 4) is 0 Å². The Morgan fingerprint density at radius 1 is 1.32 bits per heavy atom. The second-order valence-corrected chi connectivity index (χ2v) is 4.79. The molecule has 1 fully saturated rings. The molecule has 0 aliphatic carbocycles. The van der Waals surface area contributed by atoms with Crippen LogP contribution in [0, 0.1) is 0 Å². The van der Waals surface area contributed by atoms with Crippen molar-refractivity contribution in [2.75, 3.05) is 18.4 Å². The maximum absolute atomic E-state index is 12.2. The topological polar surface area (TPSA) is 49.4 Å². The first kappa shape index (κ1) is 13.6. The van der Waals surface area contributed by atoms with E-state index >= 15 is 0 Å². The van der Waals surface area contributed by atoms with Crippen LogP contribution in [0.15, 0.2) is 30.9 Å². The minimum atomic E-state index is -0.354. The third-order valence-corrected chi connectivity index (χ3v) is 3.38.